The molecule has 1 fully saturated rings. The lowest BCUT2D eigenvalue weighted by atomic mass is 10.0. The summed E-state index contributed by atoms with van der Waals surface area (Å²) in [7, 11) is 0. The van der Waals surface area contributed by atoms with E-state index in [9.17, 15) is 4.79 Å². The smallest absolute Gasteiger partial charge is 0.322 e. The van der Waals surface area contributed by atoms with Crippen molar-refractivity contribution >= 4 is 29.0 Å². The van der Waals surface area contributed by atoms with Crippen molar-refractivity contribution in [2.75, 3.05) is 36.0 Å². The second kappa shape index (κ2) is 7.17. The molecule has 4 rings (SSSR count). The zero-order valence-electron chi connectivity index (χ0n) is 14.9. The fourth-order valence-electron chi connectivity index (χ4n) is 3.73. The molecule has 2 amide bonds. The summed E-state index contributed by atoms with van der Waals surface area (Å²) in [5.74, 6) is 0. The Kier molecular flexibility index (Phi) is 4.74. The number of carbonyl (C=O) groups is 1. The highest BCUT2D eigenvalue weighted by atomic mass is 35.5. The van der Waals surface area contributed by atoms with Crippen LogP contribution in [-0.2, 0) is 13.1 Å². The van der Waals surface area contributed by atoms with Gasteiger partial charge < -0.3 is 15.5 Å². The van der Waals surface area contributed by atoms with Crippen LogP contribution in [0, 0.1) is 6.92 Å². The summed E-state index contributed by atoms with van der Waals surface area (Å²) in [4.78, 5) is 16.8. The van der Waals surface area contributed by atoms with E-state index in [4.69, 9.17) is 11.6 Å². The minimum absolute atomic E-state index is 0.0608. The summed E-state index contributed by atoms with van der Waals surface area (Å²) >= 11 is 6.12. The minimum atomic E-state index is -0.0608. The number of hydrogen-bond acceptors (Lipinski definition) is 3. The molecule has 0 radical (unpaired) electrons. The summed E-state index contributed by atoms with van der Waals surface area (Å²) in [5.41, 5.74) is 5.62. The number of anilines is 2. The zero-order chi connectivity index (χ0) is 18.1. The predicted octanol–water partition coefficient (Wildman–Crippen LogP) is 3.29. The number of amides is 2. The van der Waals surface area contributed by atoms with Gasteiger partial charge in [0.25, 0.3) is 0 Å². The first kappa shape index (κ1) is 17.2. The van der Waals surface area contributed by atoms with E-state index in [0.717, 1.165) is 37.4 Å². The molecule has 2 aromatic carbocycles. The Morgan fingerprint density at radius 1 is 1.12 bits per heavy atom. The fraction of sp³-hybridized carbons (Fsp3) is 0.350. The van der Waals surface area contributed by atoms with Gasteiger partial charge in [-0.3, -0.25) is 4.90 Å². The lowest BCUT2D eigenvalue weighted by Crippen LogP contribution is -2.47. The number of nitrogens with zero attached hydrogens (tertiary/aromatic N) is 2. The third-order valence-corrected chi connectivity index (χ3v) is 5.22. The molecule has 0 atom stereocenters. The number of halogens is 1. The zero-order valence-corrected chi connectivity index (χ0v) is 15.6. The number of aryl methyl sites for hydroxylation is 1. The van der Waals surface area contributed by atoms with Gasteiger partial charge in [0.05, 0.1) is 12.2 Å². The van der Waals surface area contributed by atoms with E-state index in [2.05, 4.69) is 34.6 Å². The number of piperazine rings is 1. The molecule has 2 heterocycles. The van der Waals surface area contributed by atoms with Gasteiger partial charge >= 0.3 is 6.03 Å². The van der Waals surface area contributed by atoms with Crippen LogP contribution in [0.3, 0.4) is 0 Å². The van der Waals surface area contributed by atoms with Gasteiger partial charge in [0, 0.05) is 49.0 Å². The minimum Gasteiger partial charge on any atom is -0.369 e. The number of fused-ring (bicyclic) bond motifs is 1. The Labute approximate surface area is 158 Å². The molecule has 0 unspecified atom stereocenters. The van der Waals surface area contributed by atoms with Gasteiger partial charge in [0.15, 0.2) is 0 Å². The molecule has 6 heteroatoms. The summed E-state index contributed by atoms with van der Waals surface area (Å²) in [5, 5.41) is 7.12. The van der Waals surface area contributed by atoms with E-state index >= 15 is 0 Å². The quantitative estimate of drug-likeness (QED) is 0.871. The van der Waals surface area contributed by atoms with Crippen molar-refractivity contribution in [3.8, 4) is 0 Å². The molecule has 2 aliphatic heterocycles. The third-order valence-electron chi connectivity index (χ3n) is 4.99. The van der Waals surface area contributed by atoms with E-state index in [-0.39, 0.29) is 6.03 Å². The van der Waals surface area contributed by atoms with Crippen LogP contribution in [-0.4, -0.2) is 32.2 Å². The van der Waals surface area contributed by atoms with Crippen LogP contribution in [0.15, 0.2) is 36.4 Å². The number of nitrogens with one attached hydrogen (secondary N) is 2. The van der Waals surface area contributed by atoms with E-state index in [0.29, 0.717) is 18.1 Å². The number of hydrogen-bond donors (Lipinski definition) is 2. The highest BCUT2D eigenvalue weighted by molar-refractivity contribution is 6.30. The maximum atomic E-state index is 12.6. The molecule has 0 aromatic heterocycles. The summed E-state index contributed by atoms with van der Waals surface area (Å²) in [6.45, 7) is 7.11. The van der Waals surface area contributed by atoms with Crippen LogP contribution in [0.25, 0.3) is 0 Å². The maximum absolute atomic E-state index is 12.6. The van der Waals surface area contributed by atoms with Gasteiger partial charge in [-0.05, 0) is 42.3 Å². The molecular weight excluding hydrogens is 348 g/mol. The number of carbonyl (C=O) groups excluding carboxylic acids is 1. The van der Waals surface area contributed by atoms with Crippen molar-refractivity contribution in [2.24, 2.45) is 0 Å². The van der Waals surface area contributed by atoms with Gasteiger partial charge in [0.1, 0.15) is 0 Å². The number of urea groups is 1. The highest BCUT2D eigenvalue weighted by Gasteiger charge is 2.28. The lowest BCUT2D eigenvalue weighted by molar-refractivity contribution is 0.244. The molecule has 0 aliphatic carbocycles. The standard InChI is InChI=1S/C20H23ClN4O/c1-14-9-18(24-7-5-22-6-8-24)17-12-23-20(26)25(19(17)10-14)13-15-3-2-4-16(21)11-15/h2-4,9-11,22H,5-8,12-13H2,1H3,(H,23,26). The first-order valence-electron chi connectivity index (χ1n) is 9.01. The second-order valence-electron chi connectivity index (χ2n) is 6.89. The first-order chi connectivity index (χ1) is 12.6. The average molecular weight is 371 g/mol. The van der Waals surface area contributed by atoms with Crippen molar-refractivity contribution in [3.05, 3.63) is 58.1 Å². The van der Waals surface area contributed by atoms with Crippen LogP contribution in [0.1, 0.15) is 16.7 Å². The predicted molar refractivity (Wildman–Crippen MR) is 106 cm³/mol. The van der Waals surface area contributed by atoms with Gasteiger partial charge in [-0.25, -0.2) is 4.79 Å². The van der Waals surface area contributed by atoms with Gasteiger partial charge in [-0.2, -0.15) is 0 Å². The molecule has 5 nitrogen and oxygen atoms in total. The molecule has 26 heavy (non-hydrogen) atoms. The van der Waals surface area contributed by atoms with Crippen molar-refractivity contribution in [2.45, 2.75) is 20.0 Å². The maximum Gasteiger partial charge on any atom is 0.322 e. The van der Waals surface area contributed by atoms with E-state index in [1.165, 1.54) is 16.8 Å². The Balaban J connectivity index is 1.72. The fourth-order valence-corrected chi connectivity index (χ4v) is 3.94. The van der Waals surface area contributed by atoms with Crippen LogP contribution >= 0.6 is 11.6 Å². The third kappa shape index (κ3) is 3.37. The molecule has 0 saturated carbocycles. The summed E-state index contributed by atoms with van der Waals surface area (Å²) < 4.78 is 0. The molecule has 2 N–H and O–H groups in total. The average Bonchev–Trinajstić information content (AvgIpc) is 2.64. The number of benzene rings is 2. The largest absolute Gasteiger partial charge is 0.369 e. The Morgan fingerprint density at radius 2 is 1.88 bits per heavy atom. The van der Waals surface area contributed by atoms with Gasteiger partial charge in [0.2, 0.25) is 0 Å². The first-order valence-corrected chi connectivity index (χ1v) is 9.38. The van der Waals surface area contributed by atoms with Crippen molar-refractivity contribution in [1.29, 1.82) is 0 Å². The Bertz CT molecular complexity index is 833. The molecule has 1 saturated heterocycles. The molecule has 2 aliphatic rings. The van der Waals surface area contributed by atoms with E-state index in [1.807, 2.05) is 29.2 Å². The van der Waals surface area contributed by atoms with Crippen LogP contribution < -0.4 is 20.4 Å². The second-order valence-corrected chi connectivity index (χ2v) is 7.33. The summed E-state index contributed by atoms with van der Waals surface area (Å²) in [6.07, 6.45) is 0. The van der Waals surface area contributed by atoms with E-state index in [1.54, 1.807) is 0 Å². The SMILES string of the molecule is Cc1cc(N2CCNCC2)c2c(c1)N(Cc1cccc(Cl)c1)C(=O)NC2. The van der Waals surface area contributed by atoms with Crippen LogP contribution in [0.4, 0.5) is 16.2 Å². The van der Waals surface area contributed by atoms with Crippen LogP contribution in [0.5, 0.6) is 0 Å². The monoisotopic (exact) mass is 370 g/mol. The van der Waals surface area contributed by atoms with Crippen molar-refractivity contribution in [3.63, 3.8) is 0 Å². The van der Waals surface area contributed by atoms with Gasteiger partial charge in [-0.15, -0.1) is 0 Å². The molecule has 0 bridgehead atoms. The normalized spacial score (nSPS) is 17.1. The lowest BCUT2D eigenvalue weighted by Gasteiger charge is -2.36. The molecular formula is C20H23ClN4O. The highest BCUT2D eigenvalue weighted by Crippen LogP contribution is 2.35. The van der Waals surface area contributed by atoms with Crippen molar-refractivity contribution in [1.82, 2.24) is 10.6 Å². The van der Waals surface area contributed by atoms with Crippen molar-refractivity contribution < 1.29 is 4.79 Å². The van der Waals surface area contributed by atoms with Crippen LogP contribution in [0.2, 0.25) is 5.02 Å². The topological polar surface area (TPSA) is 47.6 Å². The van der Waals surface area contributed by atoms with Gasteiger partial charge in [-0.1, -0.05) is 23.7 Å². The molecule has 2 aromatic rings. The molecule has 0 spiro atoms. The summed E-state index contributed by atoms with van der Waals surface area (Å²) in [6, 6.07) is 12.0. The Morgan fingerprint density at radius 3 is 2.65 bits per heavy atom. The number of rotatable bonds is 3. The van der Waals surface area contributed by atoms with E-state index < -0.39 is 0 Å². The molecule has 136 valence electrons. The Hall–Kier alpha value is -2.24.